The Morgan fingerprint density at radius 1 is 1.59 bits per heavy atom. The molecule has 0 aliphatic rings. The first-order chi connectivity index (χ1) is 9.98. The van der Waals surface area contributed by atoms with Crippen LogP contribution in [0.1, 0.15) is 22.2 Å². The maximum atomic E-state index is 12.2. The van der Waals surface area contributed by atoms with Crippen LogP contribution in [-0.4, -0.2) is 37.7 Å². The summed E-state index contributed by atoms with van der Waals surface area (Å²) in [5, 5.41) is 17.5. The lowest BCUT2D eigenvalue weighted by molar-refractivity contribution is -0.0451. The fourth-order valence-electron chi connectivity index (χ4n) is 1.25. The summed E-state index contributed by atoms with van der Waals surface area (Å²) in [4.78, 5) is 10.7. The van der Waals surface area contributed by atoms with Gasteiger partial charge in [0.15, 0.2) is 5.06 Å². The van der Waals surface area contributed by atoms with E-state index in [9.17, 15) is 26.4 Å². The van der Waals surface area contributed by atoms with Gasteiger partial charge < -0.3 is 9.84 Å². The van der Waals surface area contributed by atoms with Gasteiger partial charge in [-0.1, -0.05) is 11.3 Å². The first-order valence-corrected chi connectivity index (χ1v) is 7.76. The number of rotatable bonds is 6. The topological polar surface area (TPSA) is 116 Å². The third-order valence-corrected chi connectivity index (χ3v) is 4.45. The fourth-order valence-corrected chi connectivity index (χ4v) is 2.79. The smallest absolute Gasteiger partial charge is 0.482 e. The lowest BCUT2D eigenvalue weighted by Crippen LogP contribution is -2.43. The number of carboxylic acids is 1. The Kier molecular flexibility index (Phi) is 5.39. The number of sulfonamides is 1. The number of nitrogens with zero attached hydrogens (tertiary/aromatic N) is 1. The number of halogens is 3. The normalized spacial score (nSPS) is 13.4. The number of nitriles is 1. The molecular formula is C10H9F3N2O5S2. The van der Waals surface area contributed by atoms with E-state index >= 15 is 0 Å². The van der Waals surface area contributed by atoms with Crippen molar-refractivity contribution in [1.82, 2.24) is 4.72 Å². The van der Waals surface area contributed by atoms with Crippen molar-refractivity contribution in [2.24, 2.45) is 0 Å². The Morgan fingerprint density at radius 3 is 2.59 bits per heavy atom. The molecule has 0 amide bonds. The number of nitrogens with one attached hydrogen (secondary N) is 1. The summed E-state index contributed by atoms with van der Waals surface area (Å²) in [7, 11) is -5.50. The predicted octanol–water partition coefficient (Wildman–Crippen LogP) is 1.52. The number of ether oxygens (including phenoxy) is 1. The third-order valence-electron chi connectivity index (χ3n) is 2.18. The largest absolute Gasteiger partial charge is 0.511 e. The predicted molar refractivity (Wildman–Crippen MR) is 69.1 cm³/mol. The second-order valence-electron chi connectivity index (χ2n) is 4.00. The van der Waals surface area contributed by atoms with Crippen molar-refractivity contribution in [3.8, 4) is 11.1 Å². The molecular weight excluding hydrogens is 349 g/mol. The minimum absolute atomic E-state index is 0.0213. The van der Waals surface area contributed by atoms with Crippen molar-refractivity contribution in [1.29, 1.82) is 5.26 Å². The molecule has 0 radical (unpaired) electrons. The van der Waals surface area contributed by atoms with Gasteiger partial charge in [0.05, 0.1) is 11.6 Å². The van der Waals surface area contributed by atoms with Gasteiger partial charge in [0.1, 0.15) is 17.6 Å². The van der Waals surface area contributed by atoms with Crippen LogP contribution < -0.4 is 9.46 Å². The number of thiophene rings is 1. The third kappa shape index (κ3) is 4.33. The molecule has 1 heterocycles. The molecule has 22 heavy (non-hydrogen) atoms. The Morgan fingerprint density at radius 2 is 2.18 bits per heavy atom. The number of hydrogen-bond donors (Lipinski definition) is 2. The first kappa shape index (κ1) is 18.2. The van der Waals surface area contributed by atoms with Gasteiger partial charge in [0, 0.05) is 6.07 Å². The molecule has 0 spiro atoms. The number of alkyl halides is 3. The fraction of sp³-hybridized carbons (Fsp3) is 0.400. The highest BCUT2D eigenvalue weighted by Crippen LogP contribution is 2.29. The monoisotopic (exact) mass is 358 g/mol. The van der Waals surface area contributed by atoms with Gasteiger partial charge in [-0.25, -0.2) is 17.9 Å². The maximum absolute atomic E-state index is 12.2. The lowest BCUT2D eigenvalue weighted by atomic mass is 10.3. The highest BCUT2D eigenvalue weighted by Gasteiger charge is 2.46. The van der Waals surface area contributed by atoms with Crippen LogP contribution >= 0.6 is 11.3 Å². The van der Waals surface area contributed by atoms with Crippen LogP contribution in [0.3, 0.4) is 0 Å². The van der Waals surface area contributed by atoms with Gasteiger partial charge in [0.2, 0.25) is 0 Å². The molecule has 1 aromatic rings. The summed E-state index contributed by atoms with van der Waals surface area (Å²) in [6.45, 7) is 0.667. The first-order valence-electron chi connectivity index (χ1n) is 5.46. The second-order valence-corrected chi connectivity index (χ2v) is 6.72. The van der Waals surface area contributed by atoms with E-state index < -0.39 is 34.1 Å². The molecule has 0 unspecified atom stereocenters. The van der Waals surface area contributed by atoms with E-state index in [-0.39, 0.29) is 15.5 Å². The van der Waals surface area contributed by atoms with Crippen LogP contribution in [0.2, 0.25) is 0 Å². The Balaban J connectivity index is 2.72. The zero-order valence-corrected chi connectivity index (χ0v) is 12.5. The van der Waals surface area contributed by atoms with Crippen LogP contribution in [-0.2, 0) is 10.0 Å². The molecule has 0 aliphatic heterocycles. The van der Waals surface area contributed by atoms with Gasteiger partial charge in [-0.15, -0.1) is 0 Å². The Hall–Kier alpha value is -1.84. The van der Waals surface area contributed by atoms with Crippen LogP contribution in [0.5, 0.6) is 5.06 Å². The molecule has 122 valence electrons. The number of carboxylic acid groups (broad SMARTS) is 1. The van der Waals surface area contributed by atoms with E-state index in [1.54, 1.807) is 6.07 Å². The standard InChI is InChI=1S/C10H9F3N2O5S2/c1-5(15-22(18,19)10(11,12)13)4-20-8-2-6(9(16)17)7(3-14)21-8/h2,5,15H,4H2,1H3,(H,16,17)/t5-/m0/s1. The van der Waals surface area contributed by atoms with Crippen molar-refractivity contribution in [3.05, 3.63) is 16.5 Å². The maximum Gasteiger partial charge on any atom is 0.511 e. The average Bonchev–Trinajstić information content (AvgIpc) is 2.78. The molecule has 0 saturated carbocycles. The van der Waals surface area contributed by atoms with E-state index in [2.05, 4.69) is 0 Å². The van der Waals surface area contributed by atoms with Crippen molar-refractivity contribution < 1.29 is 36.2 Å². The van der Waals surface area contributed by atoms with Crippen molar-refractivity contribution >= 4 is 27.3 Å². The minimum atomic E-state index is -5.50. The number of hydrogen-bond acceptors (Lipinski definition) is 6. The zero-order valence-electron chi connectivity index (χ0n) is 10.8. The molecule has 2 N–H and O–H groups in total. The highest BCUT2D eigenvalue weighted by molar-refractivity contribution is 7.90. The molecule has 1 aromatic heterocycles. The molecule has 7 nitrogen and oxygen atoms in total. The molecule has 12 heteroatoms. The van der Waals surface area contributed by atoms with Gasteiger partial charge in [-0.3, -0.25) is 0 Å². The summed E-state index contributed by atoms with van der Waals surface area (Å²) in [6, 6.07) is 1.46. The molecule has 0 aromatic carbocycles. The van der Waals surface area contributed by atoms with Gasteiger partial charge >= 0.3 is 21.5 Å². The molecule has 1 rings (SSSR count). The Bertz CT molecular complexity index is 705. The van der Waals surface area contributed by atoms with Crippen LogP contribution in [0.4, 0.5) is 13.2 Å². The van der Waals surface area contributed by atoms with E-state index in [1.807, 2.05) is 0 Å². The quantitative estimate of drug-likeness (QED) is 0.796. The number of carbonyl (C=O) groups is 1. The molecule has 0 aliphatic carbocycles. The molecule has 0 bridgehead atoms. The highest BCUT2D eigenvalue weighted by atomic mass is 32.2. The van der Waals surface area contributed by atoms with E-state index in [4.69, 9.17) is 15.1 Å². The lowest BCUT2D eigenvalue weighted by Gasteiger charge is -2.15. The van der Waals surface area contributed by atoms with Crippen LogP contribution in [0.25, 0.3) is 0 Å². The second kappa shape index (κ2) is 6.51. The van der Waals surface area contributed by atoms with Crippen molar-refractivity contribution in [2.45, 2.75) is 18.5 Å². The van der Waals surface area contributed by atoms with Crippen molar-refractivity contribution in [2.75, 3.05) is 6.61 Å². The molecule has 0 saturated heterocycles. The zero-order chi connectivity index (χ0) is 17.1. The summed E-state index contributed by atoms with van der Waals surface area (Å²) >= 11 is 0.690. The Labute approximate surface area is 127 Å². The SMILES string of the molecule is C[C@@H](COc1cc(C(=O)O)c(C#N)s1)NS(=O)(=O)C(F)(F)F. The summed E-state index contributed by atoms with van der Waals surface area (Å²) in [5.41, 5.74) is -5.74. The van der Waals surface area contributed by atoms with E-state index in [0.717, 1.165) is 13.0 Å². The van der Waals surface area contributed by atoms with Gasteiger partial charge in [-0.2, -0.15) is 18.4 Å². The van der Waals surface area contributed by atoms with Gasteiger partial charge in [0.25, 0.3) is 0 Å². The molecule has 1 atom stereocenters. The summed E-state index contributed by atoms with van der Waals surface area (Å²) in [5.74, 6) is -1.35. The number of aromatic carboxylic acids is 1. The van der Waals surface area contributed by atoms with E-state index in [0.29, 0.717) is 11.3 Å². The van der Waals surface area contributed by atoms with Crippen LogP contribution in [0, 0.1) is 11.3 Å². The minimum Gasteiger partial charge on any atom is -0.482 e. The molecule has 0 fully saturated rings. The van der Waals surface area contributed by atoms with Crippen molar-refractivity contribution in [3.63, 3.8) is 0 Å². The summed E-state index contributed by atoms with van der Waals surface area (Å²) < 4.78 is 64.6. The van der Waals surface area contributed by atoms with E-state index in [1.165, 1.54) is 4.72 Å². The van der Waals surface area contributed by atoms with Crippen LogP contribution in [0.15, 0.2) is 6.07 Å². The average molecular weight is 358 g/mol. The summed E-state index contributed by atoms with van der Waals surface area (Å²) in [6.07, 6.45) is 0. The van der Waals surface area contributed by atoms with Gasteiger partial charge in [-0.05, 0) is 6.92 Å².